The third kappa shape index (κ3) is 3.59. The van der Waals surface area contributed by atoms with E-state index in [2.05, 4.69) is 9.97 Å². The van der Waals surface area contributed by atoms with Gasteiger partial charge in [-0.1, -0.05) is 35.3 Å². The van der Waals surface area contributed by atoms with E-state index in [1.54, 1.807) is 24.3 Å². The first-order chi connectivity index (χ1) is 9.40. The van der Waals surface area contributed by atoms with Gasteiger partial charge in [-0.05, 0) is 17.7 Å². The van der Waals surface area contributed by atoms with E-state index in [1.165, 1.54) is 13.2 Å². The van der Waals surface area contributed by atoms with Crippen LogP contribution < -0.4 is 4.74 Å². The summed E-state index contributed by atoms with van der Waals surface area (Å²) in [6.07, 6.45) is 0. The highest BCUT2D eigenvalue weighted by Crippen LogP contribution is 2.20. The van der Waals surface area contributed by atoms with E-state index in [0.717, 1.165) is 0 Å². The van der Waals surface area contributed by atoms with Crippen LogP contribution in [0.2, 0.25) is 10.2 Å². The van der Waals surface area contributed by atoms with Gasteiger partial charge in [-0.15, -0.1) is 0 Å². The Labute approximate surface area is 126 Å². The van der Waals surface area contributed by atoms with Gasteiger partial charge in [-0.2, -0.15) is 4.98 Å². The molecule has 1 heterocycles. The van der Waals surface area contributed by atoms with Crippen molar-refractivity contribution in [1.82, 2.24) is 9.97 Å². The molecule has 1 aromatic heterocycles. The molecule has 0 amide bonds. The van der Waals surface area contributed by atoms with Gasteiger partial charge in [0.05, 0.1) is 12.9 Å². The molecule has 0 saturated carbocycles. The van der Waals surface area contributed by atoms with Crippen molar-refractivity contribution >= 4 is 33.0 Å². The number of benzene rings is 1. The van der Waals surface area contributed by atoms with Crippen LogP contribution in [0, 0.1) is 0 Å². The number of halogens is 2. The van der Waals surface area contributed by atoms with Crippen LogP contribution in [0.15, 0.2) is 35.5 Å². The molecule has 20 heavy (non-hydrogen) atoms. The molecule has 0 fully saturated rings. The normalized spacial score (nSPS) is 11.3. The highest BCUT2D eigenvalue weighted by atomic mass is 35.5. The van der Waals surface area contributed by atoms with Crippen molar-refractivity contribution in [2.45, 2.75) is 10.9 Å². The third-order valence-corrected chi connectivity index (χ3v) is 4.31. The van der Waals surface area contributed by atoms with E-state index in [9.17, 15) is 8.42 Å². The lowest BCUT2D eigenvalue weighted by atomic mass is 10.2. The molecule has 0 saturated heterocycles. The maximum Gasteiger partial charge on any atom is 0.252 e. The molecule has 0 atom stereocenters. The Morgan fingerprint density at radius 2 is 1.80 bits per heavy atom. The van der Waals surface area contributed by atoms with Crippen LogP contribution in [0.5, 0.6) is 5.88 Å². The molecule has 2 aromatic rings. The molecule has 2 rings (SSSR count). The van der Waals surface area contributed by atoms with E-state index in [0.29, 0.717) is 10.6 Å². The summed E-state index contributed by atoms with van der Waals surface area (Å²) in [4.78, 5) is 7.53. The second-order valence-electron chi connectivity index (χ2n) is 3.90. The maximum atomic E-state index is 12.2. The van der Waals surface area contributed by atoms with Gasteiger partial charge >= 0.3 is 0 Å². The molecule has 0 bridgehead atoms. The molecular formula is C12H10Cl2N2O3S. The lowest BCUT2D eigenvalue weighted by Crippen LogP contribution is -2.10. The number of nitrogens with zero attached hydrogens (tertiary/aromatic N) is 2. The average molecular weight is 333 g/mol. The lowest BCUT2D eigenvalue weighted by Gasteiger charge is -2.06. The van der Waals surface area contributed by atoms with E-state index < -0.39 is 9.84 Å². The highest BCUT2D eigenvalue weighted by Gasteiger charge is 2.20. The molecule has 8 heteroatoms. The minimum absolute atomic E-state index is 0.00605. The van der Waals surface area contributed by atoms with Crippen molar-refractivity contribution in [3.05, 3.63) is 46.1 Å². The molecule has 106 valence electrons. The summed E-state index contributed by atoms with van der Waals surface area (Å²) < 4.78 is 29.3. The molecule has 0 spiro atoms. The summed E-state index contributed by atoms with van der Waals surface area (Å²) in [6.45, 7) is 0. The minimum Gasteiger partial charge on any atom is -0.481 e. The first-order valence-corrected chi connectivity index (χ1v) is 7.87. The van der Waals surface area contributed by atoms with E-state index in [4.69, 9.17) is 27.9 Å². The monoisotopic (exact) mass is 332 g/mol. The van der Waals surface area contributed by atoms with Crippen LogP contribution in [-0.4, -0.2) is 25.5 Å². The van der Waals surface area contributed by atoms with Crippen molar-refractivity contribution in [3.63, 3.8) is 0 Å². The largest absolute Gasteiger partial charge is 0.481 e. The third-order valence-electron chi connectivity index (χ3n) is 2.41. The maximum absolute atomic E-state index is 12.2. The fraction of sp³-hybridized carbons (Fsp3) is 0.167. The van der Waals surface area contributed by atoms with Crippen LogP contribution in [0.3, 0.4) is 0 Å². The fourth-order valence-electron chi connectivity index (χ4n) is 1.49. The Kier molecular flexibility index (Phi) is 4.47. The van der Waals surface area contributed by atoms with Crippen LogP contribution in [0.4, 0.5) is 0 Å². The summed E-state index contributed by atoms with van der Waals surface area (Å²) in [5.41, 5.74) is 0.581. The first kappa shape index (κ1) is 15.0. The second kappa shape index (κ2) is 5.95. The van der Waals surface area contributed by atoms with Gasteiger partial charge in [0.15, 0.2) is 0 Å². The standard InChI is InChI=1S/C12H10Cl2N2O3S/c1-19-11-6-10(14)15-12(16-11)20(17,18)7-8-2-4-9(13)5-3-8/h2-6H,7H2,1H3. The quantitative estimate of drug-likeness (QED) is 0.636. The van der Waals surface area contributed by atoms with E-state index in [1.807, 2.05) is 0 Å². The number of hydrogen-bond donors (Lipinski definition) is 0. The molecule has 0 aliphatic heterocycles. The predicted octanol–water partition coefficient (Wildman–Crippen LogP) is 2.77. The zero-order valence-electron chi connectivity index (χ0n) is 10.4. The Bertz CT molecular complexity index is 718. The second-order valence-corrected chi connectivity index (χ2v) is 6.61. The van der Waals surface area contributed by atoms with Gasteiger partial charge in [-0.25, -0.2) is 13.4 Å². The molecule has 0 aliphatic carbocycles. The topological polar surface area (TPSA) is 69.2 Å². The summed E-state index contributed by atoms with van der Waals surface area (Å²) in [5.74, 6) is -0.145. The number of rotatable bonds is 4. The number of sulfone groups is 1. The smallest absolute Gasteiger partial charge is 0.252 e. The van der Waals surface area contributed by atoms with Crippen molar-refractivity contribution < 1.29 is 13.2 Å². The Morgan fingerprint density at radius 1 is 1.15 bits per heavy atom. The Balaban J connectivity index is 2.35. The molecule has 5 nitrogen and oxygen atoms in total. The summed E-state index contributed by atoms with van der Waals surface area (Å²) in [5, 5.41) is 0.176. The van der Waals surface area contributed by atoms with E-state index in [-0.39, 0.29) is 21.9 Å². The molecular weight excluding hydrogens is 323 g/mol. The van der Waals surface area contributed by atoms with E-state index >= 15 is 0 Å². The van der Waals surface area contributed by atoms with Crippen molar-refractivity contribution in [1.29, 1.82) is 0 Å². The number of methoxy groups -OCH3 is 1. The van der Waals surface area contributed by atoms with Crippen LogP contribution >= 0.6 is 23.2 Å². The summed E-state index contributed by atoms with van der Waals surface area (Å²) in [7, 11) is -2.34. The predicted molar refractivity (Wildman–Crippen MR) is 75.9 cm³/mol. The summed E-state index contributed by atoms with van der Waals surface area (Å²) in [6, 6.07) is 7.82. The summed E-state index contributed by atoms with van der Waals surface area (Å²) >= 11 is 11.5. The number of aromatic nitrogens is 2. The van der Waals surface area contributed by atoms with Crippen molar-refractivity contribution in [2.75, 3.05) is 7.11 Å². The SMILES string of the molecule is COc1cc(Cl)nc(S(=O)(=O)Cc2ccc(Cl)cc2)n1. The molecule has 0 aliphatic rings. The van der Waals surface area contributed by atoms with Gasteiger partial charge < -0.3 is 4.74 Å². The first-order valence-electron chi connectivity index (χ1n) is 5.46. The minimum atomic E-state index is -3.71. The van der Waals surface area contributed by atoms with Gasteiger partial charge in [0, 0.05) is 11.1 Å². The average Bonchev–Trinajstić information content (AvgIpc) is 2.40. The Hall–Kier alpha value is -1.37. The zero-order chi connectivity index (χ0) is 14.8. The van der Waals surface area contributed by atoms with Gasteiger partial charge in [0.2, 0.25) is 15.7 Å². The van der Waals surface area contributed by atoms with Crippen molar-refractivity contribution in [3.8, 4) is 5.88 Å². The lowest BCUT2D eigenvalue weighted by molar-refractivity contribution is 0.391. The van der Waals surface area contributed by atoms with Gasteiger partial charge in [-0.3, -0.25) is 0 Å². The molecule has 0 radical (unpaired) electrons. The van der Waals surface area contributed by atoms with Crippen LogP contribution in [-0.2, 0) is 15.6 Å². The van der Waals surface area contributed by atoms with Crippen molar-refractivity contribution in [2.24, 2.45) is 0 Å². The fourth-order valence-corrected chi connectivity index (χ4v) is 3.06. The number of hydrogen-bond acceptors (Lipinski definition) is 5. The number of ether oxygens (including phenoxy) is 1. The highest BCUT2D eigenvalue weighted by molar-refractivity contribution is 7.90. The zero-order valence-corrected chi connectivity index (χ0v) is 12.7. The van der Waals surface area contributed by atoms with Crippen LogP contribution in [0.25, 0.3) is 0 Å². The molecule has 0 N–H and O–H groups in total. The van der Waals surface area contributed by atoms with Gasteiger partial charge in [0.1, 0.15) is 5.15 Å². The molecule has 0 unspecified atom stereocenters. The molecule has 1 aromatic carbocycles. The van der Waals surface area contributed by atoms with Crippen LogP contribution in [0.1, 0.15) is 5.56 Å². The van der Waals surface area contributed by atoms with Gasteiger partial charge in [0.25, 0.3) is 5.16 Å². The Morgan fingerprint density at radius 3 is 2.40 bits per heavy atom.